The summed E-state index contributed by atoms with van der Waals surface area (Å²) in [7, 11) is 0. The average molecular weight is 312 g/mol. The minimum Gasteiger partial charge on any atom is -0.392 e. The summed E-state index contributed by atoms with van der Waals surface area (Å²) in [6.07, 6.45) is 1.35. The molecular weight excluding hydrogens is 290 g/mol. The van der Waals surface area contributed by atoms with Gasteiger partial charge in [0.2, 0.25) is 5.91 Å². The van der Waals surface area contributed by atoms with Crippen molar-refractivity contribution >= 4 is 5.91 Å². The van der Waals surface area contributed by atoms with Gasteiger partial charge < -0.3 is 10.4 Å². The Morgan fingerprint density at radius 2 is 2.14 bits per heavy atom. The number of piperidine rings is 1. The van der Waals surface area contributed by atoms with Crippen LogP contribution in [0.4, 0.5) is 8.78 Å². The van der Waals surface area contributed by atoms with E-state index in [1.54, 1.807) is 6.92 Å². The minimum absolute atomic E-state index is 0.0105. The van der Waals surface area contributed by atoms with Gasteiger partial charge in [-0.15, -0.1) is 0 Å². The fourth-order valence-corrected chi connectivity index (χ4v) is 2.78. The van der Waals surface area contributed by atoms with Crippen LogP contribution in [0.1, 0.15) is 25.3 Å². The predicted molar refractivity (Wildman–Crippen MR) is 79.3 cm³/mol. The van der Waals surface area contributed by atoms with Crippen LogP contribution < -0.4 is 5.32 Å². The lowest BCUT2D eigenvalue weighted by Gasteiger charge is -2.29. The molecule has 2 rings (SSSR count). The number of carbonyl (C=O) groups excluding carboxylic acids is 1. The molecule has 0 radical (unpaired) electrons. The topological polar surface area (TPSA) is 52.6 Å². The third-order valence-corrected chi connectivity index (χ3v) is 3.83. The first-order chi connectivity index (χ1) is 10.5. The van der Waals surface area contributed by atoms with Gasteiger partial charge in [0.15, 0.2) is 0 Å². The van der Waals surface area contributed by atoms with Gasteiger partial charge in [-0.25, -0.2) is 8.78 Å². The van der Waals surface area contributed by atoms with Crippen LogP contribution in [0.3, 0.4) is 0 Å². The molecule has 0 aliphatic carbocycles. The number of hydrogen-bond donors (Lipinski definition) is 2. The summed E-state index contributed by atoms with van der Waals surface area (Å²) < 4.78 is 27.2. The lowest BCUT2D eigenvalue weighted by atomic mass is 10.1. The number of β-amino-alcohol motifs (C(OH)–C–C–N with tert-alkyl or cyclic N) is 1. The molecule has 1 saturated heterocycles. The van der Waals surface area contributed by atoms with Crippen molar-refractivity contribution in [2.45, 2.75) is 38.3 Å². The Kier molecular flexibility index (Phi) is 5.85. The van der Waals surface area contributed by atoms with E-state index >= 15 is 0 Å². The maximum absolute atomic E-state index is 13.6. The summed E-state index contributed by atoms with van der Waals surface area (Å²) in [6.45, 7) is 3.18. The summed E-state index contributed by atoms with van der Waals surface area (Å²) in [5.74, 6) is -1.39. The van der Waals surface area contributed by atoms with Crippen LogP contribution >= 0.6 is 0 Å². The second-order valence-electron chi connectivity index (χ2n) is 5.90. The van der Waals surface area contributed by atoms with E-state index in [-0.39, 0.29) is 36.6 Å². The minimum atomic E-state index is -0.597. The normalized spacial score (nSPS) is 20.6. The molecule has 2 atom stereocenters. The van der Waals surface area contributed by atoms with Crippen LogP contribution in [-0.2, 0) is 11.2 Å². The second-order valence-corrected chi connectivity index (χ2v) is 5.90. The van der Waals surface area contributed by atoms with Gasteiger partial charge in [0.1, 0.15) is 11.6 Å². The molecule has 0 spiro atoms. The molecule has 1 aliphatic heterocycles. The summed E-state index contributed by atoms with van der Waals surface area (Å²) in [5.41, 5.74) is -0.0105. The van der Waals surface area contributed by atoms with E-state index in [1.165, 1.54) is 18.2 Å². The molecule has 122 valence electrons. The SMILES string of the molecule is CC(Cc1c(F)cccc1F)NC(=O)CN1CCCC(O)C1. The first-order valence-corrected chi connectivity index (χ1v) is 7.58. The molecule has 1 aliphatic rings. The quantitative estimate of drug-likeness (QED) is 0.866. The zero-order chi connectivity index (χ0) is 16.1. The van der Waals surface area contributed by atoms with E-state index in [9.17, 15) is 18.7 Å². The predicted octanol–water partition coefficient (Wildman–Crippen LogP) is 1.47. The van der Waals surface area contributed by atoms with Gasteiger partial charge in [0, 0.05) is 18.2 Å². The average Bonchev–Trinajstić information content (AvgIpc) is 2.43. The van der Waals surface area contributed by atoms with Crippen molar-refractivity contribution in [2.24, 2.45) is 0 Å². The molecule has 0 aromatic heterocycles. The molecule has 0 bridgehead atoms. The number of hydrogen-bond acceptors (Lipinski definition) is 3. The van der Waals surface area contributed by atoms with Crippen molar-refractivity contribution in [1.29, 1.82) is 0 Å². The number of aliphatic hydroxyl groups excluding tert-OH is 1. The highest BCUT2D eigenvalue weighted by Gasteiger charge is 2.21. The number of nitrogens with one attached hydrogen (secondary N) is 1. The van der Waals surface area contributed by atoms with Crippen LogP contribution in [-0.4, -0.2) is 47.7 Å². The molecule has 2 unspecified atom stereocenters. The third-order valence-electron chi connectivity index (χ3n) is 3.83. The molecule has 6 heteroatoms. The van der Waals surface area contributed by atoms with E-state index in [1.807, 2.05) is 4.90 Å². The van der Waals surface area contributed by atoms with Crippen LogP contribution in [0.2, 0.25) is 0 Å². The summed E-state index contributed by atoms with van der Waals surface area (Å²) in [5, 5.41) is 12.3. The Morgan fingerprint density at radius 3 is 2.77 bits per heavy atom. The highest BCUT2D eigenvalue weighted by Crippen LogP contribution is 2.14. The molecule has 1 amide bonds. The monoisotopic (exact) mass is 312 g/mol. The summed E-state index contributed by atoms with van der Waals surface area (Å²) in [6, 6.07) is 3.37. The van der Waals surface area contributed by atoms with Crippen LogP contribution in [0.15, 0.2) is 18.2 Å². The molecule has 2 N–H and O–H groups in total. The Morgan fingerprint density at radius 1 is 1.45 bits per heavy atom. The summed E-state index contributed by atoms with van der Waals surface area (Å²) in [4.78, 5) is 13.9. The van der Waals surface area contributed by atoms with Gasteiger partial charge in [-0.3, -0.25) is 9.69 Å². The lowest BCUT2D eigenvalue weighted by Crippen LogP contribution is -2.46. The van der Waals surface area contributed by atoms with Crippen LogP contribution in [0, 0.1) is 11.6 Å². The van der Waals surface area contributed by atoms with Crippen molar-refractivity contribution in [3.05, 3.63) is 35.4 Å². The van der Waals surface area contributed by atoms with E-state index < -0.39 is 11.6 Å². The summed E-state index contributed by atoms with van der Waals surface area (Å²) >= 11 is 0. The number of amides is 1. The standard InChI is InChI=1S/C16H22F2N2O2/c1-11(8-13-14(17)5-2-6-15(13)18)19-16(22)10-20-7-3-4-12(21)9-20/h2,5-6,11-12,21H,3-4,7-10H2,1H3,(H,19,22). The molecule has 1 aromatic carbocycles. The van der Waals surface area contributed by atoms with Crippen LogP contribution in [0.5, 0.6) is 0 Å². The van der Waals surface area contributed by atoms with Gasteiger partial charge in [0.25, 0.3) is 0 Å². The number of benzene rings is 1. The fourth-order valence-electron chi connectivity index (χ4n) is 2.78. The molecule has 1 fully saturated rings. The molecular formula is C16H22F2N2O2. The zero-order valence-corrected chi connectivity index (χ0v) is 12.7. The fraction of sp³-hybridized carbons (Fsp3) is 0.562. The Balaban J connectivity index is 1.83. The smallest absolute Gasteiger partial charge is 0.234 e. The Hall–Kier alpha value is -1.53. The van der Waals surface area contributed by atoms with E-state index in [0.717, 1.165) is 19.4 Å². The van der Waals surface area contributed by atoms with Gasteiger partial charge in [-0.05, 0) is 44.9 Å². The van der Waals surface area contributed by atoms with Gasteiger partial charge >= 0.3 is 0 Å². The number of halogens is 2. The first kappa shape index (κ1) is 16.8. The van der Waals surface area contributed by atoms with Crippen molar-refractivity contribution in [1.82, 2.24) is 10.2 Å². The number of aliphatic hydroxyl groups is 1. The van der Waals surface area contributed by atoms with Crippen LogP contribution in [0.25, 0.3) is 0 Å². The van der Waals surface area contributed by atoms with Crippen molar-refractivity contribution < 1.29 is 18.7 Å². The first-order valence-electron chi connectivity index (χ1n) is 7.58. The maximum atomic E-state index is 13.6. The maximum Gasteiger partial charge on any atom is 0.234 e. The molecule has 0 saturated carbocycles. The Bertz CT molecular complexity index is 505. The second kappa shape index (κ2) is 7.65. The number of rotatable bonds is 5. The molecule has 1 heterocycles. The zero-order valence-electron chi connectivity index (χ0n) is 12.7. The van der Waals surface area contributed by atoms with E-state index in [4.69, 9.17) is 0 Å². The highest BCUT2D eigenvalue weighted by molar-refractivity contribution is 5.78. The largest absolute Gasteiger partial charge is 0.392 e. The van der Waals surface area contributed by atoms with Crippen molar-refractivity contribution in [3.8, 4) is 0 Å². The van der Waals surface area contributed by atoms with Crippen molar-refractivity contribution in [3.63, 3.8) is 0 Å². The van der Waals surface area contributed by atoms with E-state index in [0.29, 0.717) is 6.54 Å². The number of carbonyl (C=O) groups is 1. The molecule has 1 aromatic rings. The van der Waals surface area contributed by atoms with Gasteiger partial charge in [0.05, 0.1) is 12.6 Å². The third kappa shape index (κ3) is 4.74. The lowest BCUT2D eigenvalue weighted by molar-refractivity contribution is -0.123. The molecule has 22 heavy (non-hydrogen) atoms. The highest BCUT2D eigenvalue weighted by atomic mass is 19.1. The van der Waals surface area contributed by atoms with Gasteiger partial charge in [-0.2, -0.15) is 0 Å². The van der Waals surface area contributed by atoms with Crippen molar-refractivity contribution in [2.75, 3.05) is 19.6 Å². The van der Waals surface area contributed by atoms with Gasteiger partial charge in [-0.1, -0.05) is 6.07 Å². The number of likely N-dealkylation sites (tertiary alicyclic amines) is 1. The molecule has 4 nitrogen and oxygen atoms in total. The Labute approximate surface area is 129 Å². The number of nitrogens with zero attached hydrogens (tertiary/aromatic N) is 1. The van der Waals surface area contributed by atoms with E-state index in [2.05, 4.69) is 5.32 Å².